The summed E-state index contributed by atoms with van der Waals surface area (Å²) in [7, 11) is 1.84. The number of aryl methyl sites for hydroxylation is 1. The molecule has 0 atom stereocenters. The fourth-order valence-electron chi connectivity index (χ4n) is 2.09. The van der Waals surface area contributed by atoms with Gasteiger partial charge in [0, 0.05) is 32.4 Å². The van der Waals surface area contributed by atoms with Crippen molar-refractivity contribution in [1.82, 2.24) is 24.6 Å². The second-order valence-electron chi connectivity index (χ2n) is 4.59. The zero-order valence-electron chi connectivity index (χ0n) is 11.8. The molecule has 7 heteroatoms. The second kappa shape index (κ2) is 6.17. The Bertz CT molecular complexity index is 722. The molecule has 7 nitrogen and oxygen atoms in total. The number of rotatable bonds is 6. The highest BCUT2D eigenvalue weighted by Gasteiger charge is 2.04. The summed E-state index contributed by atoms with van der Waals surface area (Å²) in [6.45, 7) is 0.787. The van der Waals surface area contributed by atoms with E-state index >= 15 is 0 Å². The molecule has 0 aromatic carbocycles. The van der Waals surface area contributed by atoms with Crippen molar-refractivity contribution in [3.05, 3.63) is 42.5 Å². The van der Waals surface area contributed by atoms with E-state index in [4.69, 9.17) is 0 Å². The van der Waals surface area contributed by atoms with Crippen molar-refractivity contribution in [3.8, 4) is 0 Å². The van der Waals surface area contributed by atoms with E-state index in [2.05, 4.69) is 30.8 Å². The molecule has 3 aromatic heterocycles. The third-order valence-corrected chi connectivity index (χ3v) is 3.16. The van der Waals surface area contributed by atoms with Crippen LogP contribution in [0.5, 0.6) is 0 Å². The minimum absolute atomic E-state index is 0.632. The number of nitrogens with one attached hydrogen (secondary N) is 2. The van der Waals surface area contributed by atoms with Gasteiger partial charge < -0.3 is 10.6 Å². The van der Waals surface area contributed by atoms with Crippen molar-refractivity contribution in [1.29, 1.82) is 0 Å². The molecule has 108 valence electrons. The highest BCUT2D eigenvalue weighted by Crippen LogP contribution is 2.07. The van der Waals surface area contributed by atoms with Crippen LogP contribution in [0.4, 0.5) is 11.8 Å². The lowest BCUT2D eigenvalue weighted by Crippen LogP contribution is -2.08. The van der Waals surface area contributed by atoms with E-state index in [0.29, 0.717) is 5.95 Å². The van der Waals surface area contributed by atoms with E-state index in [-0.39, 0.29) is 0 Å². The van der Waals surface area contributed by atoms with Gasteiger partial charge in [-0.05, 0) is 24.6 Å². The Balaban J connectivity index is 1.54. The van der Waals surface area contributed by atoms with Gasteiger partial charge >= 0.3 is 0 Å². The Morgan fingerprint density at radius 2 is 2.14 bits per heavy atom. The zero-order valence-corrected chi connectivity index (χ0v) is 11.8. The van der Waals surface area contributed by atoms with E-state index in [1.54, 1.807) is 6.20 Å². The first kappa shape index (κ1) is 13.3. The van der Waals surface area contributed by atoms with Crippen LogP contribution in [0, 0.1) is 0 Å². The van der Waals surface area contributed by atoms with Crippen molar-refractivity contribution in [2.75, 3.05) is 24.2 Å². The molecule has 3 rings (SSSR count). The monoisotopic (exact) mass is 283 g/mol. The normalized spacial score (nSPS) is 10.7. The largest absolute Gasteiger partial charge is 0.373 e. The quantitative estimate of drug-likeness (QED) is 0.669. The van der Waals surface area contributed by atoms with E-state index in [1.165, 1.54) is 0 Å². The summed E-state index contributed by atoms with van der Waals surface area (Å²) in [6, 6.07) is 7.72. The molecule has 2 N–H and O–H groups in total. The minimum atomic E-state index is 0.632. The Kier molecular flexibility index (Phi) is 3.90. The fourth-order valence-corrected chi connectivity index (χ4v) is 2.09. The van der Waals surface area contributed by atoms with Crippen molar-refractivity contribution in [2.24, 2.45) is 0 Å². The van der Waals surface area contributed by atoms with Gasteiger partial charge in [-0.2, -0.15) is 4.98 Å². The first-order valence-electron chi connectivity index (χ1n) is 6.90. The molecular weight excluding hydrogens is 266 g/mol. The first-order chi connectivity index (χ1) is 10.4. The summed E-state index contributed by atoms with van der Waals surface area (Å²) in [5.41, 5.74) is 0.880. The number of hydrogen-bond donors (Lipinski definition) is 2. The Labute approximate surface area is 122 Å². The number of anilines is 2. The van der Waals surface area contributed by atoms with Gasteiger partial charge in [-0.3, -0.25) is 4.40 Å². The minimum Gasteiger partial charge on any atom is -0.373 e. The number of hydrogen-bond acceptors (Lipinski definition) is 6. The van der Waals surface area contributed by atoms with E-state index in [0.717, 1.165) is 36.7 Å². The third kappa shape index (κ3) is 3.07. The van der Waals surface area contributed by atoms with Crippen LogP contribution in [-0.2, 0) is 6.42 Å². The molecule has 3 heterocycles. The van der Waals surface area contributed by atoms with Crippen LogP contribution in [-0.4, -0.2) is 38.2 Å². The smallest absolute Gasteiger partial charge is 0.224 e. The average Bonchev–Trinajstić information content (AvgIpc) is 2.95. The highest BCUT2D eigenvalue weighted by molar-refractivity contribution is 5.39. The van der Waals surface area contributed by atoms with Gasteiger partial charge in [-0.15, -0.1) is 10.2 Å². The predicted octanol–water partition coefficient (Wildman–Crippen LogP) is 1.61. The van der Waals surface area contributed by atoms with Gasteiger partial charge in [0.05, 0.1) is 0 Å². The molecule has 0 unspecified atom stereocenters. The Hall–Kier alpha value is -2.70. The van der Waals surface area contributed by atoms with Crippen LogP contribution in [0.15, 0.2) is 36.7 Å². The van der Waals surface area contributed by atoms with Gasteiger partial charge in [0.15, 0.2) is 5.65 Å². The lowest BCUT2D eigenvalue weighted by Gasteiger charge is -2.05. The van der Waals surface area contributed by atoms with Gasteiger partial charge in [0.2, 0.25) is 5.95 Å². The molecule has 0 amide bonds. The average molecular weight is 283 g/mol. The molecule has 0 saturated heterocycles. The maximum atomic E-state index is 4.31. The lowest BCUT2D eigenvalue weighted by atomic mass is 10.3. The Morgan fingerprint density at radius 3 is 3.05 bits per heavy atom. The molecule has 0 bridgehead atoms. The van der Waals surface area contributed by atoms with Gasteiger partial charge in [0.25, 0.3) is 0 Å². The van der Waals surface area contributed by atoms with Gasteiger partial charge in [-0.25, -0.2) is 4.98 Å². The maximum absolute atomic E-state index is 4.31. The van der Waals surface area contributed by atoms with Crippen molar-refractivity contribution in [3.63, 3.8) is 0 Å². The highest BCUT2D eigenvalue weighted by atomic mass is 15.2. The lowest BCUT2D eigenvalue weighted by molar-refractivity contribution is 0.784. The van der Waals surface area contributed by atoms with Gasteiger partial charge in [0.1, 0.15) is 11.6 Å². The molecule has 0 spiro atoms. The number of nitrogens with zero attached hydrogens (tertiary/aromatic N) is 5. The van der Waals surface area contributed by atoms with Crippen LogP contribution in [0.1, 0.15) is 12.2 Å². The SMILES string of the molecule is CNc1ccnc(NCCCc2nnc3ccccn23)n1. The summed E-state index contributed by atoms with van der Waals surface area (Å²) in [5.74, 6) is 2.40. The third-order valence-electron chi connectivity index (χ3n) is 3.16. The van der Waals surface area contributed by atoms with Crippen LogP contribution in [0.2, 0.25) is 0 Å². The van der Waals surface area contributed by atoms with Gasteiger partial charge in [-0.1, -0.05) is 6.07 Å². The van der Waals surface area contributed by atoms with Crippen LogP contribution >= 0.6 is 0 Å². The molecule has 0 aliphatic rings. The fraction of sp³-hybridized carbons (Fsp3) is 0.286. The summed E-state index contributed by atoms with van der Waals surface area (Å²) in [6.07, 6.45) is 5.50. The van der Waals surface area contributed by atoms with Crippen LogP contribution in [0.25, 0.3) is 5.65 Å². The topological polar surface area (TPSA) is 80.0 Å². The van der Waals surface area contributed by atoms with Crippen LogP contribution in [0.3, 0.4) is 0 Å². The molecule has 0 saturated carbocycles. The number of aromatic nitrogens is 5. The standard InChI is InChI=1S/C14H17N7/c1-15-11-7-9-17-14(18-11)16-8-4-6-13-20-19-12-5-2-3-10-21(12)13/h2-3,5,7,9-10H,4,6,8H2,1H3,(H2,15,16,17,18). The Morgan fingerprint density at radius 1 is 1.19 bits per heavy atom. The second-order valence-corrected chi connectivity index (χ2v) is 4.59. The van der Waals surface area contributed by atoms with E-state index in [1.807, 2.05) is 41.9 Å². The van der Waals surface area contributed by atoms with Crippen LogP contribution < -0.4 is 10.6 Å². The maximum Gasteiger partial charge on any atom is 0.224 e. The summed E-state index contributed by atoms with van der Waals surface area (Å²) in [4.78, 5) is 8.49. The first-order valence-corrected chi connectivity index (χ1v) is 6.90. The molecule has 3 aromatic rings. The summed E-state index contributed by atoms with van der Waals surface area (Å²) in [5, 5.41) is 14.5. The number of fused-ring (bicyclic) bond motifs is 1. The van der Waals surface area contributed by atoms with E-state index < -0.39 is 0 Å². The van der Waals surface area contributed by atoms with Crippen molar-refractivity contribution >= 4 is 17.4 Å². The molecule has 0 aliphatic heterocycles. The summed E-state index contributed by atoms with van der Waals surface area (Å²) < 4.78 is 2.01. The zero-order chi connectivity index (χ0) is 14.5. The van der Waals surface area contributed by atoms with Crippen molar-refractivity contribution in [2.45, 2.75) is 12.8 Å². The summed E-state index contributed by atoms with van der Waals surface area (Å²) >= 11 is 0. The molecule has 0 radical (unpaired) electrons. The number of pyridine rings is 1. The molecule has 21 heavy (non-hydrogen) atoms. The van der Waals surface area contributed by atoms with E-state index in [9.17, 15) is 0 Å². The molecule has 0 aliphatic carbocycles. The molecule has 0 fully saturated rings. The van der Waals surface area contributed by atoms with Crippen molar-refractivity contribution < 1.29 is 0 Å². The predicted molar refractivity (Wildman–Crippen MR) is 81.4 cm³/mol. The molecular formula is C14H17N7.